The van der Waals surface area contributed by atoms with Crippen molar-refractivity contribution in [2.24, 2.45) is 0 Å². The number of carbonyl (C=O) groups is 1. The van der Waals surface area contributed by atoms with E-state index in [0.29, 0.717) is 30.4 Å². The summed E-state index contributed by atoms with van der Waals surface area (Å²) in [5.74, 6) is -2.79. The zero-order valence-corrected chi connectivity index (χ0v) is 24.3. The number of fused-ring (bicyclic) bond motifs is 1. The number of aromatic carboxylic acids is 1. The van der Waals surface area contributed by atoms with Gasteiger partial charge in [-0.15, -0.1) is 0 Å². The van der Waals surface area contributed by atoms with Gasteiger partial charge in [0.25, 0.3) is 0 Å². The molecular formula is C31H24F3N5O5S. The zero-order chi connectivity index (χ0) is 30.8. The second-order valence-corrected chi connectivity index (χ2v) is 9.96. The Morgan fingerprint density at radius 2 is 1.89 bits per heavy atom. The van der Waals surface area contributed by atoms with Crippen LogP contribution in [0.25, 0.3) is 11.0 Å². The lowest BCUT2D eigenvalue weighted by Crippen LogP contribution is -2.31. The lowest BCUT2D eigenvalue weighted by Gasteiger charge is -2.27. The molecule has 0 amide bonds. The fourth-order valence-corrected chi connectivity index (χ4v) is 4.68. The molecule has 1 saturated heterocycles. The van der Waals surface area contributed by atoms with E-state index < -0.39 is 23.4 Å². The number of aromatic nitrogens is 4. The van der Waals surface area contributed by atoms with Gasteiger partial charge in [-0.2, -0.15) is 18.8 Å². The number of pyridine rings is 2. The first kappa shape index (κ1) is 31.3. The largest absolute Gasteiger partial charge is 0.484 e. The van der Waals surface area contributed by atoms with E-state index >= 15 is 4.39 Å². The summed E-state index contributed by atoms with van der Waals surface area (Å²) >= 11 is 0. The summed E-state index contributed by atoms with van der Waals surface area (Å²) in [5, 5.41) is 18.3. The van der Waals surface area contributed by atoms with E-state index in [9.17, 15) is 18.7 Å². The van der Waals surface area contributed by atoms with Crippen molar-refractivity contribution in [1.29, 1.82) is 5.26 Å². The smallest absolute Gasteiger partial charge is 0.335 e. The predicted molar refractivity (Wildman–Crippen MR) is 158 cm³/mol. The average molecular weight is 636 g/mol. The minimum atomic E-state index is -1.28. The van der Waals surface area contributed by atoms with Crippen LogP contribution in [0.3, 0.4) is 0 Å². The van der Waals surface area contributed by atoms with E-state index in [4.69, 9.17) is 19.5 Å². The van der Waals surface area contributed by atoms with E-state index in [2.05, 4.69) is 15.0 Å². The molecule has 10 nitrogen and oxygen atoms in total. The molecule has 0 radical (unpaired) electrons. The van der Waals surface area contributed by atoms with Gasteiger partial charge in [-0.05, 0) is 42.8 Å². The van der Waals surface area contributed by atoms with E-state index in [1.54, 1.807) is 10.6 Å². The molecule has 2 aromatic carbocycles. The molecule has 6 rings (SSSR count). The van der Waals surface area contributed by atoms with Crippen molar-refractivity contribution < 1.29 is 37.3 Å². The lowest BCUT2D eigenvalue weighted by molar-refractivity contribution is -0.0589. The number of benzene rings is 2. The van der Waals surface area contributed by atoms with Crippen molar-refractivity contribution in [3.8, 4) is 23.3 Å². The number of nitriles is 1. The molecule has 1 fully saturated rings. The predicted octanol–water partition coefficient (Wildman–Crippen LogP) is 5.68. The van der Waals surface area contributed by atoms with Gasteiger partial charge in [-0.3, -0.25) is 9.97 Å². The van der Waals surface area contributed by atoms with Crippen LogP contribution in [-0.2, 0) is 24.3 Å². The number of ether oxygens (including phenoxy) is 3. The number of rotatable bonds is 10. The Bertz CT molecular complexity index is 1940. The summed E-state index contributed by atoms with van der Waals surface area (Å²) in [6.45, 7) is 0.788. The Morgan fingerprint density at radius 3 is 2.58 bits per heavy atom. The minimum absolute atomic E-state index is 0. The van der Waals surface area contributed by atoms with Crippen LogP contribution in [0, 0.1) is 28.8 Å². The molecule has 5 aromatic rings. The van der Waals surface area contributed by atoms with Crippen molar-refractivity contribution in [1.82, 2.24) is 19.5 Å². The molecule has 14 heteroatoms. The first-order valence-electron chi connectivity index (χ1n) is 13.4. The molecule has 4 heterocycles. The monoisotopic (exact) mass is 635 g/mol. The Balaban J connectivity index is 0.00000400. The quantitative estimate of drug-likeness (QED) is 0.206. The van der Waals surface area contributed by atoms with Crippen LogP contribution in [0.2, 0.25) is 0 Å². The van der Waals surface area contributed by atoms with Gasteiger partial charge in [0.1, 0.15) is 35.3 Å². The molecular weight excluding hydrogens is 611 g/mol. The first-order chi connectivity index (χ1) is 21.3. The van der Waals surface area contributed by atoms with Gasteiger partial charge in [0, 0.05) is 24.9 Å². The summed E-state index contributed by atoms with van der Waals surface area (Å²) < 4.78 is 62.6. The van der Waals surface area contributed by atoms with Crippen LogP contribution in [0.5, 0.6) is 17.2 Å². The van der Waals surface area contributed by atoms with Crippen LogP contribution < -0.4 is 9.47 Å². The molecule has 0 unspecified atom stereocenters. The fourth-order valence-electron chi connectivity index (χ4n) is 4.68. The molecule has 230 valence electrons. The highest BCUT2D eigenvalue weighted by Gasteiger charge is 2.25. The third-order valence-electron chi connectivity index (χ3n) is 6.99. The van der Waals surface area contributed by atoms with Gasteiger partial charge >= 0.3 is 5.97 Å². The van der Waals surface area contributed by atoms with Crippen molar-refractivity contribution >= 4 is 30.5 Å². The van der Waals surface area contributed by atoms with Crippen LogP contribution >= 0.6 is 13.5 Å². The topological polar surface area (TPSA) is 132 Å². The summed E-state index contributed by atoms with van der Waals surface area (Å²) in [5.41, 5.74) is 0.617. The summed E-state index contributed by atoms with van der Waals surface area (Å²) in [7, 11) is 0. The number of hydrogen-bond acceptors (Lipinski definition) is 8. The van der Waals surface area contributed by atoms with Gasteiger partial charge in [0.15, 0.2) is 17.4 Å². The number of carboxylic acids is 1. The van der Waals surface area contributed by atoms with Gasteiger partial charge in [-0.1, -0.05) is 0 Å². The highest BCUT2D eigenvalue weighted by Crippen LogP contribution is 2.28. The second kappa shape index (κ2) is 13.2. The molecule has 1 aliphatic rings. The van der Waals surface area contributed by atoms with Crippen LogP contribution in [-0.4, -0.2) is 43.3 Å². The number of nitrogens with zero attached hydrogens (tertiary/aromatic N) is 5. The lowest BCUT2D eigenvalue weighted by atomic mass is 10.1. The number of carboxylic acid groups (broad SMARTS) is 1. The molecule has 1 N–H and O–H groups in total. The zero-order valence-electron chi connectivity index (χ0n) is 23.3. The third-order valence-corrected chi connectivity index (χ3v) is 6.99. The summed E-state index contributed by atoms with van der Waals surface area (Å²) in [6.07, 6.45) is 3.29. The standard InChI is InChI=1S/C31H22F3N5O5.H2S/c32-23-11-22(44-20-3-5-36-19(10-20)16-43-28-2-1-17(13-35)7-24(28)33)14-37-26(23)12-29-38-30-25(34)8-18(31(40)41)9-27(30)39(29)15-21-4-6-42-21;/h1-3,5,7-11,14,21H,4,6,12,15-16H2,(H,40,41);1H2/t21-;/m0./s1. The Kier molecular flexibility index (Phi) is 9.21. The van der Waals surface area contributed by atoms with E-state index in [1.165, 1.54) is 36.7 Å². The van der Waals surface area contributed by atoms with Crippen molar-refractivity contribution in [3.63, 3.8) is 0 Å². The van der Waals surface area contributed by atoms with Gasteiger partial charge in [0.05, 0.1) is 59.4 Å². The first-order valence-corrected chi connectivity index (χ1v) is 13.4. The molecule has 1 atom stereocenters. The maximum atomic E-state index is 15.3. The summed E-state index contributed by atoms with van der Waals surface area (Å²) in [4.78, 5) is 24.3. The average Bonchev–Trinajstić information content (AvgIpc) is 3.33. The molecule has 0 saturated carbocycles. The van der Waals surface area contributed by atoms with Crippen molar-refractivity contribution in [2.45, 2.75) is 32.1 Å². The van der Waals surface area contributed by atoms with E-state index in [1.807, 2.05) is 6.07 Å². The SMILES string of the molecule is N#Cc1ccc(OCc2cc(Oc3cnc(Cc4nc5c(F)cc(C(=O)O)cc5n4C[C@@H]4CCO4)c(F)c3)ccn2)c(F)c1.S. The third kappa shape index (κ3) is 6.84. The van der Waals surface area contributed by atoms with Crippen molar-refractivity contribution in [3.05, 3.63) is 107 Å². The molecule has 0 aliphatic carbocycles. The second-order valence-electron chi connectivity index (χ2n) is 9.96. The van der Waals surface area contributed by atoms with E-state index in [0.717, 1.165) is 24.6 Å². The minimum Gasteiger partial charge on any atom is -0.484 e. The molecule has 1 aliphatic heterocycles. The number of halogens is 3. The van der Waals surface area contributed by atoms with E-state index in [-0.39, 0.29) is 72.0 Å². The molecule has 0 spiro atoms. The van der Waals surface area contributed by atoms with Gasteiger partial charge in [-0.25, -0.2) is 22.9 Å². The maximum Gasteiger partial charge on any atom is 0.335 e. The highest BCUT2D eigenvalue weighted by atomic mass is 32.1. The van der Waals surface area contributed by atoms with Crippen molar-refractivity contribution in [2.75, 3.05) is 6.61 Å². The Hall–Kier alpha value is -5.13. The maximum absolute atomic E-state index is 15.3. The normalized spacial score (nSPS) is 13.9. The highest BCUT2D eigenvalue weighted by molar-refractivity contribution is 7.59. The van der Waals surface area contributed by atoms with Crippen LogP contribution in [0.1, 0.15) is 39.6 Å². The molecule has 3 aromatic heterocycles. The molecule has 45 heavy (non-hydrogen) atoms. The number of hydrogen-bond donors (Lipinski definition) is 1. The molecule has 0 bridgehead atoms. The Labute approximate surface area is 261 Å². The fraction of sp³-hybridized carbons (Fsp3) is 0.194. The van der Waals surface area contributed by atoms with Crippen LogP contribution in [0.4, 0.5) is 13.2 Å². The van der Waals surface area contributed by atoms with Gasteiger partial charge < -0.3 is 23.9 Å². The van der Waals surface area contributed by atoms with Gasteiger partial charge in [0.2, 0.25) is 0 Å². The number of imidazole rings is 1. The Morgan fingerprint density at radius 1 is 1.07 bits per heavy atom. The summed E-state index contributed by atoms with van der Waals surface area (Å²) in [6, 6.07) is 12.2. The van der Waals surface area contributed by atoms with Crippen LogP contribution in [0.15, 0.2) is 60.9 Å².